The molecule has 0 radical (unpaired) electrons. The summed E-state index contributed by atoms with van der Waals surface area (Å²) < 4.78 is 24.8. The number of hydrogen-bond acceptors (Lipinski definition) is 6. The number of piperazine rings is 1. The van der Waals surface area contributed by atoms with Gasteiger partial charge in [0.25, 0.3) is 5.69 Å². The number of nitro benzene ring substituents is 1. The highest BCUT2D eigenvalue weighted by Crippen LogP contribution is 2.19. The van der Waals surface area contributed by atoms with Crippen molar-refractivity contribution in [2.75, 3.05) is 39.0 Å². The van der Waals surface area contributed by atoms with E-state index in [1.807, 2.05) is 6.92 Å². The lowest BCUT2D eigenvalue weighted by atomic mass is 10.2. The second-order valence-electron chi connectivity index (χ2n) is 5.72. The van der Waals surface area contributed by atoms with E-state index in [1.54, 1.807) is 0 Å². The Bertz CT molecular complexity index is 622. The summed E-state index contributed by atoms with van der Waals surface area (Å²) in [5, 5.41) is 10.6. The van der Waals surface area contributed by atoms with Gasteiger partial charge in [-0.25, -0.2) is 8.42 Å². The molecular weight excluding hydrogens is 306 g/mol. The first kappa shape index (κ1) is 16.9. The molecule has 0 bridgehead atoms. The molecule has 1 unspecified atom stereocenters. The van der Waals surface area contributed by atoms with Crippen molar-refractivity contribution in [3.63, 3.8) is 0 Å². The highest BCUT2D eigenvalue weighted by Gasteiger charge is 2.25. The highest BCUT2D eigenvalue weighted by atomic mass is 32.2. The molecule has 22 heavy (non-hydrogen) atoms. The summed E-state index contributed by atoms with van der Waals surface area (Å²) in [6.45, 7) is 5.49. The van der Waals surface area contributed by atoms with Crippen molar-refractivity contribution in [2.24, 2.45) is 0 Å². The summed E-state index contributed by atoms with van der Waals surface area (Å²) in [7, 11) is -1.39. The Labute approximate surface area is 130 Å². The molecule has 1 heterocycles. The molecule has 122 valence electrons. The van der Waals surface area contributed by atoms with Crippen LogP contribution in [0.2, 0.25) is 0 Å². The zero-order valence-electron chi connectivity index (χ0n) is 12.8. The topological polar surface area (TPSA) is 83.8 Å². The highest BCUT2D eigenvalue weighted by molar-refractivity contribution is 7.91. The van der Waals surface area contributed by atoms with Crippen molar-refractivity contribution in [1.82, 2.24) is 9.80 Å². The predicted molar refractivity (Wildman–Crippen MR) is 83.7 cm³/mol. The summed E-state index contributed by atoms with van der Waals surface area (Å²) in [5.74, 6) is 0.0223. The molecule has 1 saturated heterocycles. The van der Waals surface area contributed by atoms with Crippen molar-refractivity contribution in [2.45, 2.75) is 17.9 Å². The number of nitrogens with zero attached hydrogens (tertiary/aromatic N) is 3. The van der Waals surface area contributed by atoms with E-state index in [0.717, 1.165) is 26.2 Å². The molecule has 0 aliphatic carbocycles. The predicted octanol–water partition coefficient (Wildman–Crippen LogP) is 1.00. The number of benzene rings is 1. The Kier molecular flexibility index (Phi) is 5.15. The first-order valence-electron chi connectivity index (χ1n) is 7.19. The largest absolute Gasteiger partial charge is 0.304 e. The molecule has 0 amide bonds. The van der Waals surface area contributed by atoms with Crippen molar-refractivity contribution < 1.29 is 13.3 Å². The third-order valence-electron chi connectivity index (χ3n) is 4.03. The standard InChI is InChI=1S/C14H21N3O4S/c1-12(16-9-7-15(2)8-10-16)11-22(20,21)14-5-3-13(4-6-14)17(18)19/h3-6,12H,7-11H2,1-2H3. The van der Waals surface area contributed by atoms with Gasteiger partial charge in [-0.1, -0.05) is 0 Å². The van der Waals surface area contributed by atoms with Crippen LogP contribution in [-0.4, -0.2) is 68.2 Å². The molecular formula is C14H21N3O4S. The van der Waals surface area contributed by atoms with Gasteiger partial charge in [-0.05, 0) is 26.1 Å². The number of likely N-dealkylation sites (N-methyl/N-ethyl adjacent to an activating group) is 1. The molecule has 1 atom stereocenters. The fraction of sp³-hybridized carbons (Fsp3) is 0.571. The Morgan fingerprint density at radius 2 is 1.73 bits per heavy atom. The first-order chi connectivity index (χ1) is 10.3. The Hall–Kier alpha value is -1.51. The van der Waals surface area contributed by atoms with E-state index in [1.165, 1.54) is 24.3 Å². The molecule has 0 aromatic heterocycles. The van der Waals surface area contributed by atoms with Crippen molar-refractivity contribution in [3.05, 3.63) is 34.4 Å². The monoisotopic (exact) mass is 327 g/mol. The quantitative estimate of drug-likeness (QED) is 0.593. The first-order valence-corrected chi connectivity index (χ1v) is 8.84. The molecule has 1 aliphatic heterocycles. The van der Waals surface area contributed by atoms with Crippen LogP contribution in [0.4, 0.5) is 5.69 Å². The van der Waals surface area contributed by atoms with E-state index in [9.17, 15) is 18.5 Å². The summed E-state index contributed by atoms with van der Waals surface area (Å²) >= 11 is 0. The van der Waals surface area contributed by atoms with Crippen LogP contribution in [0.25, 0.3) is 0 Å². The summed E-state index contributed by atoms with van der Waals surface area (Å²) in [6, 6.07) is 5.00. The van der Waals surface area contributed by atoms with E-state index in [-0.39, 0.29) is 22.4 Å². The minimum absolute atomic E-state index is 0.0223. The minimum atomic E-state index is -3.44. The van der Waals surface area contributed by atoms with Gasteiger partial charge in [0, 0.05) is 44.4 Å². The van der Waals surface area contributed by atoms with Crippen LogP contribution in [0.1, 0.15) is 6.92 Å². The van der Waals surface area contributed by atoms with Gasteiger partial charge in [-0.3, -0.25) is 15.0 Å². The van der Waals surface area contributed by atoms with E-state index in [0.29, 0.717) is 0 Å². The third-order valence-corrected chi connectivity index (χ3v) is 5.94. The minimum Gasteiger partial charge on any atom is -0.304 e. The molecule has 0 N–H and O–H groups in total. The smallest absolute Gasteiger partial charge is 0.269 e. The fourth-order valence-corrected chi connectivity index (χ4v) is 4.15. The zero-order valence-corrected chi connectivity index (χ0v) is 13.6. The molecule has 8 heteroatoms. The van der Waals surface area contributed by atoms with E-state index >= 15 is 0 Å². The van der Waals surface area contributed by atoms with Crippen LogP contribution in [-0.2, 0) is 9.84 Å². The Morgan fingerprint density at radius 1 is 1.18 bits per heavy atom. The van der Waals surface area contributed by atoms with E-state index < -0.39 is 14.8 Å². The number of non-ortho nitro benzene ring substituents is 1. The molecule has 0 saturated carbocycles. The summed E-state index contributed by atoms with van der Waals surface area (Å²) in [6.07, 6.45) is 0. The SMILES string of the molecule is CC(CS(=O)(=O)c1ccc([N+](=O)[O-])cc1)N1CCN(C)CC1. The number of rotatable bonds is 5. The molecule has 1 aromatic rings. The summed E-state index contributed by atoms with van der Waals surface area (Å²) in [5.41, 5.74) is -0.105. The van der Waals surface area contributed by atoms with Crippen molar-refractivity contribution in [1.29, 1.82) is 0 Å². The van der Waals surface area contributed by atoms with E-state index in [4.69, 9.17) is 0 Å². The normalized spacial score (nSPS) is 19.0. The lowest BCUT2D eigenvalue weighted by Gasteiger charge is -2.36. The summed E-state index contributed by atoms with van der Waals surface area (Å²) in [4.78, 5) is 14.6. The van der Waals surface area contributed by atoms with Crippen LogP contribution in [0.3, 0.4) is 0 Å². The van der Waals surface area contributed by atoms with Crippen LogP contribution in [0.15, 0.2) is 29.2 Å². The Morgan fingerprint density at radius 3 is 2.23 bits per heavy atom. The van der Waals surface area contributed by atoms with Crippen LogP contribution >= 0.6 is 0 Å². The molecule has 7 nitrogen and oxygen atoms in total. The van der Waals surface area contributed by atoms with Crippen molar-refractivity contribution in [3.8, 4) is 0 Å². The number of hydrogen-bond donors (Lipinski definition) is 0. The molecule has 2 rings (SSSR count). The van der Waals surface area contributed by atoms with Crippen LogP contribution in [0.5, 0.6) is 0 Å². The third kappa shape index (κ3) is 4.02. The fourth-order valence-electron chi connectivity index (χ4n) is 2.56. The van der Waals surface area contributed by atoms with Gasteiger partial charge in [0.15, 0.2) is 9.84 Å². The van der Waals surface area contributed by atoms with Gasteiger partial charge < -0.3 is 4.90 Å². The average molecular weight is 327 g/mol. The maximum atomic E-state index is 12.4. The lowest BCUT2D eigenvalue weighted by molar-refractivity contribution is -0.384. The van der Waals surface area contributed by atoms with Gasteiger partial charge in [-0.15, -0.1) is 0 Å². The van der Waals surface area contributed by atoms with Gasteiger partial charge in [0.1, 0.15) is 0 Å². The number of sulfone groups is 1. The van der Waals surface area contributed by atoms with Crippen LogP contribution in [0, 0.1) is 10.1 Å². The molecule has 1 fully saturated rings. The molecule has 1 aliphatic rings. The average Bonchev–Trinajstić information content (AvgIpc) is 2.47. The Balaban J connectivity index is 2.05. The molecule has 0 spiro atoms. The maximum absolute atomic E-state index is 12.4. The molecule has 1 aromatic carbocycles. The second-order valence-corrected chi connectivity index (χ2v) is 7.75. The lowest BCUT2D eigenvalue weighted by Crippen LogP contribution is -2.49. The second kappa shape index (κ2) is 6.72. The van der Waals surface area contributed by atoms with Gasteiger partial charge in [0.05, 0.1) is 15.6 Å². The van der Waals surface area contributed by atoms with Gasteiger partial charge in [0.2, 0.25) is 0 Å². The maximum Gasteiger partial charge on any atom is 0.269 e. The van der Waals surface area contributed by atoms with Gasteiger partial charge >= 0.3 is 0 Å². The number of nitro groups is 1. The zero-order chi connectivity index (χ0) is 16.3. The van der Waals surface area contributed by atoms with E-state index in [2.05, 4.69) is 16.8 Å². The van der Waals surface area contributed by atoms with Crippen LogP contribution < -0.4 is 0 Å². The van der Waals surface area contributed by atoms with Crippen molar-refractivity contribution >= 4 is 15.5 Å². The van der Waals surface area contributed by atoms with Gasteiger partial charge in [-0.2, -0.15) is 0 Å².